The summed E-state index contributed by atoms with van der Waals surface area (Å²) in [6, 6.07) is 15.4. The van der Waals surface area contributed by atoms with Gasteiger partial charge in [-0.1, -0.05) is 29.8 Å². The van der Waals surface area contributed by atoms with Crippen LogP contribution in [0.4, 0.5) is 4.39 Å². The molecular formula is C23H21BrClFN2O3. The van der Waals surface area contributed by atoms with Gasteiger partial charge in [0.1, 0.15) is 23.9 Å². The molecule has 0 saturated carbocycles. The van der Waals surface area contributed by atoms with Gasteiger partial charge in [0.25, 0.3) is 5.91 Å². The number of carbonyl (C=O) groups excluding carboxylic acids is 1. The van der Waals surface area contributed by atoms with Gasteiger partial charge in [0.15, 0.2) is 5.76 Å². The molecule has 0 N–H and O–H groups in total. The van der Waals surface area contributed by atoms with Crippen molar-refractivity contribution in [3.63, 3.8) is 0 Å². The minimum absolute atomic E-state index is 0.133. The van der Waals surface area contributed by atoms with Crippen LogP contribution in [0.3, 0.4) is 0 Å². The zero-order valence-electron chi connectivity index (χ0n) is 16.7. The predicted molar refractivity (Wildman–Crippen MR) is 120 cm³/mol. The Morgan fingerprint density at radius 1 is 1.10 bits per heavy atom. The van der Waals surface area contributed by atoms with E-state index in [0.717, 1.165) is 10.0 Å². The molecule has 0 radical (unpaired) electrons. The normalized spacial score (nSPS) is 14.6. The molecular weight excluding hydrogens is 487 g/mol. The van der Waals surface area contributed by atoms with Crippen molar-refractivity contribution in [1.29, 1.82) is 0 Å². The second-order valence-electron chi connectivity index (χ2n) is 7.29. The largest absolute Gasteiger partial charge is 0.484 e. The minimum Gasteiger partial charge on any atom is -0.484 e. The fourth-order valence-corrected chi connectivity index (χ4v) is 4.06. The number of para-hydroxylation sites is 1. The lowest BCUT2D eigenvalue weighted by Crippen LogP contribution is -2.48. The van der Waals surface area contributed by atoms with Gasteiger partial charge in [-0.2, -0.15) is 0 Å². The summed E-state index contributed by atoms with van der Waals surface area (Å²) in [5, 5.41) is 0.423. The van der Waals surface area contributed by atoms with E-state index in [1.165, 1.54) is 12.1 Å². The molecule has 1 aromatic heterocycles. The van der Waals surface area contributed by atoms with Crippen LogP contribution in [-0.2, 0) is 13.2 Å². The quantitative estimate of drug-likeness (QED) is 0.450. The van der Waals surface area contributed by atoms with E-state index >= 15 is 0 Å². The van der Waals surface area contributed by atoms with E-state index in [1.54, 1.807) is 23.1 Å². The van der Waals surface area contributed by atoms with Crippen molar-refractivity contribution in [1.82, 2.24) is 9.80 Å². The van der Waals surface area contributed by atoms with E-state index in [1.807, 2.05) is 24.3 Å². The van der Waals surface area contributed by atoms with Crippen LogP contribution in [0.15, 0.2) is 63.5 Å². The molecule has 1 saturated heterocycles. The number of furan rings is 1. The van der Waals surface area contributed by atoms with Crippen LogP contribution < -0.4 is 4.74 Å². The van der Waals surface area contributed by atoms with Crippen LogP contribution in [0.2, 0.25) is 5.02 Å². The first-order chi connectivity index (χ1) is 15.0. The molecule has 0 spiro atoms. The van der Waals surface area contributed by atoms with E-state index in [-0.39, 0.29) is 18.3 Å². The molecule has 5 nitrogen and oxygen atoms in total. The lowest BCUT2D eigenvalue weighted by molar-refractivity contribution is 0.0594. The van der Waals surface area contributed by atoms with Crippen LogP contribution in [0.5, 0.6) is 5.75 Å². The van der Waals surface area contributed by atoms with Crippen LogP contribution in [0, 0.1) is 5.82 Å². The first-order valence-corrected chi connectivity index (χ1v) is 11.1. The Hall–Kier alpha value is -2.35. The maximum absolute atomic E-state index is 13.2. The van der Waals surface area contributed by atoms with E-state index in [9.17, 15) is 9.18 Å². The summed E-state index contributed by atoms with van der Waals surface area (Å²) in [4.78, 5) is 16.8. The van der Waals surface area contributed by atoms with E-state index in [0.29, 0.717) is 55.0 Å². The zero-order chi connectivity index (χ0) is 21.8. The SMILES string of the molecule is O=C(c1ccc(COc2ccccc2Br)o1)N1CCN(Cc2ccc(F)cc2Cl)CC1. The number of nitrogens with zero attached hydrogens (tertiary/aromatic N) is 2. The molecule has 0 atom stereocenters. The predicted octanol–water partition coefficient (Wildman–Crippen LogP) is 5.37. The van der Waals surface area contributed by atoms with Gasteiger partial charge >= 0.3 is 0 Å². The molecule has 0 aliphatic carbocycles. The summed E-state index contributed by atoms with van der Waals surface area (Å²) < 4.78 is 25.5. The molecule has 162 valence electrons. The smallest absolute Gasteiger partial charge is 0.289 e. The van der Waals surface area contributed by atoms with E-state index in [4.69, 9.17) is 20.8 Å². The Bertz CT molecular complexity index is 1070. The molecule has 0 bridgehead atoms. The first kappa shape index (κ1) is 21.9. The fraction of sp³-hybridized carbons (Fsp3) is 0.261. The zero-order valence-corrected chi connectivity index (χ0v) is 19.0. The fourth-order valence-electron chi connectivity index (χ4n) is 3.44. The number of hydrogen-bond acceptors (Lipinski definition) is 4. The monoisotopic (exact) mass is 506 g/mol. The van der Waals surface area contributed by atoms with E-state index in [2.05, 4.69) is 20.8 Å². The van der Waals surface area contributed by atoms with Crippen LogP contribution in [-0.4, -0.2) is 41.9 Å². The Kier molecular flexibility index (Phi) is 6.95. The number of rotatable bonds is 6. The second kappa shape index (κ2) is 9.85. The Labute approximate surface area is 193 Å². The number of hydrogen-bond donors (Lipinski definition) is 0. The molecule has 3 aromatic rings. The second-order valence-corrected chi connectivity index (χ2v) is 8.55. The molecule has 1 fully saturated rings. The van der Waals surface area contributed by atoms with Crippen molar-refractivity contribution in [2.45, 2.75) is 13.2 Å². The average molecular weight is 508 g/mol. The first-order valence-electron chi connectivity index (χ1n) is 9.91. The minimum atomic E-state index is -0.344. The van der Waals surface area contributed by atoms with Crippen LogP contribution in [0.25, 0.3) is 0 Å². The van der Waals surface area contributed by atoms with Crippen molar-refractivity contribution in [3.05, 3.63) is 87.0 Å². The van der Waals surface area contributed by atoms with Gasteiger partial charge in [0.05, 0.1) is 4.47 Å². The summed E-state index contributed by atoms with van der Waals surface area (Å²) in [7, 11) is 0. The van der Waals surface area contributed by atoms with Crippen molar-refractivity contribution in [2.24, 2.45) is 0 Å². The van der Waals surface area contributed by atoms with Gasteiger partial charge in [-0.3, -0.25) is 9.69 Å². The molecule has 8 heteroatoms. The summed E-state index contributed by atoms with van der Waals surface area (Å²) in [6.07, 6.45) is 0. The molecule has 4 rings (SSSR count). The van der Waals surface area contributed by atoms with Gasteiger partial charge in [-0.15, -0.1) is 0 Å². The number of benzene rings is 2. The van der Waals surface area contributed by atoms with Crippen molar-refractivity contribution < 1.29 is 18.3 Å². The van der Waals surface area contributed by atoms with Gasteiger partial charge in [-0.05, 0) is 57.9 Å². The van der Waals surface area contributed by atoms with Crippen molar-refractivity contribution in [3.8, 4) is 5.75 Å². The molecule has 31 heavy (non-hydrogen) atoms. The molecule has 1 aliphatic heterocycles. The molecule has 2 heterocycles. The third-order valence-corrected chi connectivity index (χ3v) is 6.15. The molecule has 1 amide bonds. The number of halogens is 3. The summed E-state index contributed by atoms with van der Waals surface area (Å²) in [5.74, 6) is 1.13. The van der Waals surface area contributed by atoms with Crippen LogP contribution in [0.1, 0.15) is 21.9 Å². The average Bonchev–Trinajstić information content (AvgIpc) is 3.24. The molecule has 2 aromatic carbocycles. The summed E-state index contributed by atoms with van der Waals surface area (Å²) in [5.41, 5.74) is 0.878. The van der Waals surface area contributed by atoms with Crippen molar-refractivity contribution >= 4 is 33.4 Å². The molecule has 0 unspecified atom stereocenters. The lowest BCUT2D eigenvalue weighted by Gasteiger charge is -2.34. The number of carbonyl (C=O) groups is 1. The Balaban J connectivity index is 1.29. The number of piperazine rings is 1. The summed E-state index contributed by atoms with van der Waals surface area (Å²) >= 11 is 9.57. The van der Waals surface area contributed by atoms with Gasteiger partial charge in [-0.25, -0.2) is 4.39 Å². The van der Waals surface area contributed by atoms with Crippen molar-refractivity contribution in [2.75, 3.05) is 26.2 Å². The van der Waals surface area contributed by atoms with Gasteiger partial charge in [0, 0.05) is 37.7 Å². The maximum atomic E-state index is 13.2. The van der Waals surface area contributed by atoms with Crippen LogP contribution >= 0.6 is 27.5 Å². The topological polar surface area (TPSA) is 45.9 Å². The third-order valence-electron chi connectivity index (χ3n) is 5.15. The number of amides is 1. The highest BCUT2D eigenvalue weighted by Crippen LogP contribution is 2.25. The standard InChI is InChI=1S/C23H21BrClFN2O3/c24-19-3-1-2-4-21(19)30-15-18-7-8-22(31-18)23(29)28-11-9-27(10-12-28)14-16-5-6-17(26)13-20(16)25/h1-8,13H,9-12,14-15H2. The van der Waals surface area contributed by atoms with Gasteiger partial charge in [0.2, 0.25) is 0 Å². The lowest BCUT2D eigenvalue weighted by atomic mass is 10.2. The Morgan fingerprint density at radius 3 is 2.61 bits per heavy atom. The van der Waals surface area contributed by atoms with E-state index < -0.39 is 0 Å². The summed E-state index contributed by atoms with van der Waals surface area (Å²) in [6.45, 7) is 3.44. The highest BCUT2D eigenvalue weighted by Gasteiger charge is 2.24. The van der Waals surface area contributed by atoms with Gasteiger partial charge < -0.3 is 14.1 Å². The third kappa shape index (κ3) is 5.47. The highest BCUT2D eigenvalue weighted by molar-refractivity contribution is 9.10. The molecule has 1 aliphatic rings. The number of ether oxygens (including phenoxy) is 1. The maximum Gasteiger partial charge on any atom is 0.289 e. The Morgan fingerprint density at radius 2 is 1.87 bits per heavy atom. The highest BCUT2D eigenvalue weighted by atomic mass is 79.9.